The first-order valence-corrected chi connectivity index (χ1v) is 4.48. The molecule has 1 aromatic carbocycles. The van der Waals surface area contributed by atoms with Gasteiger partial charge in [-0.05, 0) is 17.7 Å². The van der Waals surface area contributed by atoms with Crippen molar-refractivity contribution in [3.8, 4) is 6.07 Å². The van der Waals surface area contributed by atoms with Gasteiger partial charge >= 0.3 is 0 Å². The Morgan fingerprint density at radius 3 is 2.64 bits per heavy atom. The number of alkyl halides is 1. The van der Waals surface area contributed by atoms with E-state index in [2.05, 4.69) is 6.07 Å². The monoisotopic (exact) mass is 193 g/mol. The van der Waals surface area contributed by atoms with Crippen molar-refractivity contribution >= 4 is 0 Å². The van der Waals surface area contributed by atoms with E-state index in [0.29, 0.717) is 5.56 Å². The molecule has 3 heteroatoms. The van der Waals surface area contributed by atoms with Crippen molar-refractivity contribution in [1.82, 2.24) is 0 Å². The largest absolute Gasteiger partial charge is 0.247 e. The Morgan fingerprint density at radius 1 is 1.43 bits per heavy atom. The van der Waals surface area contributed by atoms with Crippen LogP contribution in [-0.2, 0) is 5.41 Å². The molecule has 0 amide bonds. The molecule has 1 saturated carbocycles. The third-order valence-electron chi connectivity index (χ3n) is 2.73. The van der Waals surface area contributed by atoms with Gasteiger partial charge in [-0.2, -0.15) is 5.26 Å². The third kappa shape index (κ3) is 1.27. The summed E-state index contributed by atoms with van der Waals surface area (Å²) in [6, 6.07) is 7.95. The minimum Gasteiger partial charge on any atom is -0.247 e. The average molecular weight is 193 g/mol. The molecule has 0 N–H and O–H groups in total. The van der Waals surface area contributed by atoms with E-state index in [1.54, 1.807) is 12.1 Å². The SMILES string of the molecule is N#CC1(c2cccc(F)c2)CC(F)C1. The van der Waals surface area contributed by atoms with Crippen LogP contribution in [0.1, 0.15) is 18.4 Å². The Balaban J connectivity index is 2.35. The van der Waals surface area contributed by atoms with Crippen LogP contribution in [0.2, 0.25) is 0 Å². The number of nitriles is 1. The van der Waals surface area contributed by atoms with Gasteiger partial charge in [0, 0.05) is 12.8 Å². The van der Waals surface area contributed by atoms with Gasteiger partial charge < -0.3 is 0 Å². The van der Waals surface area contributed by atoms with Gasteiger partial charge in [-0.25, -0.2) is 8.78 Å². The highest BCUT2D eigenvalue weighted by Gasteiger charge is 2.46. The van der Waals surface area contributed by atoms with Gasteiger partial charge in [-0.1, -0.05) is 12.1 Å². The van der Waals surface area contributed by atoms with E-state index in [-0.39, 0.29) is 18.7 Å². The quantitative estimate of drug-likeness (QED) is 0.672. The van der Waals surface area contributed by atoms with E-state index >= 15 is 0 Å². The Labute approximate surface area is 81.0 Å². The summed E-state index contributed by atoms with van der Waals surface area (Å²) in [6.45, 7) is 0. The first kappa shape index (κ1) is 9.14. The first-order valence-electron chi connectivity index (χ1n) is 4.48. The first-order chi connectivity index (χ1) is 6.66. The molecule has 14 heavy (non-hydrogen) atoms. The molecule has 72 valence electrons. The van der Waals surface area contributed by atoms with Crippen molar-refractivity contribution in [3.63, 3.8) is 0 Å². The molecule has 0 bridgehead atoms. The van der Waals surface area contributed by atoms with Gasteiger partial charge in [0.15, 0.2) is 0 Å². The number of benzene rings is 1. The molecular weight excluding hydrogens is 184 g/mol. The zero-order valence-electron chi connectivity index (χ0n) is 7.50. The van der Waals surface area contributed by atoms with Gasteiger partial charge in [-0.15, -0.1) is 0 Å². The average Bonchev–Trinajstić information content (AvgIpc) is 2.12. The fourth-order valence-corrected chi connectivity index (χ4v) is 1.87. The van der Waals surface area contributed by atoms with Crippen LogP contribution in [0.3, 0.4) is 0 Å². The molecule has 0 unspecified atom stereocenters. The zero-order chi connectivity index (χ0) is 10.2. The molecule has 1 fully saturated rings. The Hall–Kier alpha value is -1.43. The summed E-state index contributed by atoms with van der Waals surface area (Å²) in [7, 11) is 0. The molecule has 1 aliphatic rings. The lowest BCUT2D eigenvalue weighted by Gasteiger charge is -2.38. The summed E-state index contributed by atoms with van der Waals surface area (Å²) in [5, 5.41) is 8.96. The van der Waals surface area contributed by atoms with E-state index in [0.717, 1.165) is 0 Å². The van der Waals surface area contributed by atoms with Crippen molar-refractivity contribution in [2.45, 2.75) is 24.4 Å². The predicted molar refractivity (Wildman–Crippen MR) is 47.8 cm³/mol. The van der Waals surface area contributed by atoms with Crippen LogP contribution in [-0.4, -0.2) is 6.17 Å². The molecule has 0 heterocycles. The van der Waals surface area contributed by atoms with Crippen LogP contribution in [0.5, 0.6) is 0 Å². The lowest BCUT2D eigenvalue weighted by molar-refractivity contribution is 0.134. The van der Waals surface area contributed by atoms with E-state index < -0.39 is 11.6 Å². The molecule has 0 saturated heterocycles. The molecule has 0 spiro atoms. The number of nitrogens with zero attached hydrogens (tertiary/aromatic N) is 1. The highest BCUT2D eigenvalue weighted by atomic mass is 19.1. The second-order valence-corrected chi connectivity index (χ2v) is 3.71. The normalized spacial score (nSPS) is 30.5. The minimum atomic E-state index is -0.919. The summed E-state index contributed by atoms with van der Waals surface area (Å²) in [4.78, 5) is 0. The molecule has 0 radical (unpaired) electrons. The van der Waals surface area contributed by atoms with E-state index in [4.69, 9.17) is 5.26 Å². The van der Waals surface area contributed by atoms with Gasteiger partial charge in [0.25, 0.3) is 0 Å². The lowest BCUT2D eigenvalue weighted by Crippen LogP contribution is -2.41. The van der Waals surface area contributed by atoms with Crippen LogP contribution in [0.4, 0.5) is 8.78 Å². The second kappa shape index (κ2) is 3.06. The van der Waals surface area contributed by atoms with Crippen molar-refractivity contribution in [2.24, 2.45) is 0 Å². The molecule has 2 rings (SSSR count). The summed E-state index contributed by atoms with van der Waals surface area (Å²) < 4.78 is 25.6. The van der Waals surface area contributed by atoms with Gasteiger partial charge in [-0.3, -0.25) is 0 Å². The molecule has 1 aromatic rings. The van der Waals surface area contributed by atoms with Crippen molar-refractivity contribution in [2.75, 3.05) is 0 Å². The fraction of sp³-hybridized carbons (Fsp3) is 0.364. The number of halogens is 2. The van der Waals surface area contributed by atoms with Crippen molar-refractivity contribution in [1.29, 1.82) is 5.26 Å². The van der Waals surface area contributed by atoms with Crippen LogP contribution < -0.4 is 0 Å². The number of hydrogen-bond donors (Lipinski definition) is 0. The topological polar surface area (TPSA) is 23.8 Å². The third-order valence-corrected chi connectivity index (χ3v) is 2.73. The summed E-state index contributed by atoms with van der Waals surface area (Å²) in [5.74, 6) is -0.376. The minimum absolute atomic E-state index is 0.187. The van der Waals surface area contributed by atoms with Crippen LogP contribution in [0, 0.1) is 17.1 Å². The van der Waals surface area contributed by atoms with Gasteiger partial charge in [0.1, 0.15) is 12.0 Å². The van der Waals surface area contributed by atoms with E-state index in [1.807, 2.05) is 0 Å². The molecule has 1 aliphatic carbocycles. The maximum atomic E-state index is 12.9. The lowest BCUT2D eigenvalue weighted by atomic mass is 9.64. The number of rotatable bonds is 1. The van der Waals surface area contributed by atoms with Crippen LogP contribution in [0.15, 0.2) is 24.3 Å². The molecule has 0 aromatic heterocycles. The highest BCUT2D eigenvalue weighted by molar-refractivity contribution is 5.36. The smallest absolute Gasteiger partial charge is 0.123 e. The van der Waals surface area contributed by atoms with Gasteiger partial charge in [0.2, 0.25) is 0 Å². The second-order valence-electron chi connectivity index (χ2n) is 3.71. The molecule has 0 aliphatic heterocycles. The molecule has 0 atom stereocenters. The van der Waals surface area contributed by atoms with Crippen LogP contribution in [0.25, 0.3) is 0 Å². The summed E-state index contributed by atoms with van der Waals surface area (Å²) in [6.07, 6.45) is -0.544. The number of hydrogen-bond acceptors (Lipinski definition) is 1. The Kier molecular flexibility index (Phi) is 1.99. The van der Waals surface area contributed by atoms with Crippen molar-refractivity contribution in [3.05, 3.63) is 35.6 Å². The molecular formula is C11H9F2N. The fourth-order valence-electron chi connectivity index (χ4n) is 1.87. The summed E-state index contributed by atoms with van der Waals surface area (Å²) >= 11 is 0. The van der Waals surface area contributed by atoms with E-state index in [9.17, 15) is 8.78 Å². The Bertz CT molecular complexity index is 389. The predicted octanol–water partition coefficient (Wildman–Crippen LogP) is 2.72. The highest BCUT2D eigenvalue weighted by Crippen LogP contribution is 2.44. The maximum absolute atomic E-state index is 12.9. The maximum Gasteiger partial charge on any atom is 0.123 e. The zero-order valence-corrected chi connectivity index (χ0v) is 7.50. The van der Waals surface area contributed by atoms with Gasteiger partial charge in [0.05, 0.1) is 11.5 Å². The van der Waals surface area contributed by atoms with Crippen molar-refractivity contribution < 1.29 is 8.78 Å². The van der Waals surface area contributed by atoms with Crippen LogP contribution >= 0.6 is 0 Å². The summed E-state index contributed by atoms with van der Waals surface area (Å²) in [5.41, 5.74) is -0.199. The standard InChI is InChI=1S/C11H9F2N/c12-9-3-1-2-8(4-9)11(7-14)5-10(13)6-11/h1-4,10H,5-6H2. The Morgan fingerprint density at radius 2 is 2.14 bits per heavy atom. The molecule has 1 nitrogen and oxygen atoms in total. The van der Waals surface area contributed by atoms with E-state index in [1.165, 1.54) is 12.1 Å².